The second kappa shape index (κ2) is 47.3. The van der Waals surface area contributed by atoms with E-state index in [0.29, 0.717) is 61.2 Å². The first-order valence-electron chi connectivity index (χ1n) is 40.2. The van der Waals surface area contributed by atoms with E-state index in [1.54, 1.807) is 85.7 Å². The number of carboxylic acids is 4. The molecule has 4 amide bonds. The van der Waals surface area contributed by atoms with Gasteiger partial charge in [0.25, 0.3) is 0 Å². The second-order valence-corrected chi connectivity index (χ2v) is 36.6. The van der Waals surface area contributed by atoms with Crippen LogP contribution in [0.2, 0.25) is 0 Å². The molecule has 0 spiro atoms. The number of hydrogen-bond acceptors (Lipinski definition) is 25. The van der Waals surface area contributed by atoms with E-state index < -0.39 is 129 Å². The largest absolute Gasteiger partial charge is 0.480 e. The Kier molecular flexibility index (Phi) is 39.1. The fourth-order valence-corrected chi connectivity index (χ4v) is 16.6. The summed E-state index contributed by atoms with van der Waals surface area (Å²) in [4.78, 5) is 151. The van der Waals surface area contributed by atoms with E-state index in [1.807, 2.05) is 20.8 Å². The van der Waals surface area contributed by atoms with Crippen molar-refractivity contribution in [3.8, 4) is 23.0 Å². The highest BCUT2D eigenvalue weighted by molar-refractivity contribution is 7.15. The maximum absolute atomic E-state index is 14.2. The zero-order valence-electron chi connectivity index (χ0n) is 73.4. The van der Waals surface area contributed by atoms with Crippen LogP contribution in [0, 0.1) is 72.5 Å². The van der Waals surface area contributed by atoms with Crippen LogP contribution >= 0.6 is 45.3 Å². The molecule has 41 heteroatoms. The van der Waals surface area contributed by atoms with Gasteiger partial charge in [0.1, 0.15) is 67.0 Å². The number of ether oxygens (including phenoxy) is 4. The normalized spacial score (nSPS) is 11.8. The third-order valence-corrected chi connectivity index (χ3v) is 24.7. The summed E-state index contributed by atoms with van der Waals surface area (Å²) in [7, 11) is 0. The number of nitrogens with one attached hydrogen (secondary N) is 7. The van der Waals surface area contributed by atoms with E-state index in [9.17, 15) is 90.4 Å². The van der Waals surface area contributed by atoms with Gasteiger partial charge in [-0.1, -0.05) is 76.2 Å². The Hall–Kier alpha value is -13.1. The van der Waals surface area contributed by atoms with Crippen molar-refractivity contribution in [1.82, 2.24) is 20.9 Å². The van der Waals surface area contributed by atoms with E-state index in [-0.39, 0.29) is 125 Å². The molecule has 4 heterocycles. The molecular weight excluding hydrogens is 1780 g/mol. The van der Waals surface area contributed by atoms with Gasteiger partial charge in [0.05, 0.1) is 17.4 Å². The van der Waals surface area contributed by atoms with Crippen LogP contribution in [0.15, 0.2) is 121 Å². The number of thiophene rings is 4. The molecule has 0 aliphatic rings. The summed E-state index contributed by atoms with van der Waals surface area (Å²) in [6.45, 7) is 21.5. The van der Waals surface area contributed by atoms with Gasteiger partial charge in [0.2, 0.25) is 23.6 Å². The molecule has 0 aliphatic heterocycles. The number of aliphatic carboxylic acids is 4. The minimum atomic E-state index is -1.42. The average molecular weight is 1880 g/mol. The number of carbonyl (C=O) groups excluding carboxylic acids is 8. The zero-order valence-corrected chi connectivity index (χ0v) is 76.7. The number of amides is 4. The highest BCUT2D eigenvalue weighted by Gasteiger charge is 2.42. The van der Waals surface area contributed by atoms with Gasteiger partial charge in [-0.05, 0) is 199 Å². The van der Waals surface area contributed by atoms with Crippen LogP contribution < -0.4 is 57.8 Å². The fraction of sp³-hybridized carbons (Fsp3) is 0.371. The Morgan fingerprint density at radius 3 is 0.977 bits per heavy atom. The highest BCUT2D eigenvalue weighted by atomic mass is 32.1. The van der Waals surface area contributed by atoms with Crippen molar-refractivity contribution in [2.45, 2.75) is 165 Å². The van der Waals surface area contributed by atoms with Gasteiger partial charge in [0, 0.05) is 59.1 Å². The van der Waals surface area contributed by atoms with Crippen LogP contribution in [0.4, 0.5) is 17.6 Å². The topological polar surface area (TPSA) is 582 Å². The van der Waals surface area contributed by atoms with Gasteiger partial charge in [-0.25, -0.2) is 51.1 Å². The minimum absolute atomic E-state index is 0.158. The SMILES string of the molecule is CC(C)(Cc1ccc(C(=O)Oc2ccc(C(=N)N)cc2F)s1)C(=O)NC(C)(C)C(=O)O.CCC(CC)(Cc1ccc(C(=O)Oc2ccc(C(=N)N)cc2F)s1)C(=O)N[C@@H](CO)C(=O)O.CCC(CC)(Cc1ccc(C(=O)Oc2ccc(C(=N)N)cc2F)s1)C(=O)N[C@H](C(=O)O)C(C)C.CCCN(CC(=O)O)C(=O)C(C)(C)Cc1ccc(C(=O)Oc2ccc(C(=N)N)cc2F)s1. The molecule has 2 atom stereocenters. The van der Waals surface area contributed by atoms with E-state index in [4.69, 9.17) is 73.7 Å². The Balaban J connectivity index is 0.000000307. The van der Waals surface area contributed by atoms with Crippen LogP contribution in [0.3, 0.4) is 0 Å². The number of nitrogen functional groups attached to an aromatic ring is 4. The Bertz CT molecular complexity index is 5540. The van der Waals surface area contributed by atoms with Gasteiger partial charge < -0.3 is 88.3 Å². The van der Waals surface area contributed by atoms with Gasteiger partial charge in [-0.15, -0.1) is 45.3 Å². The number of nitrogens with zero attached hydrogens (tertiary/aromatic N) is 1. The van der Waals surface area contributed by atoms with Crippen LogP contribution in [0.1, 0.15) is 203 Å². The van der Waals surface area contributed by atoms with Crippen molar-refractivity contribution in [2.24, 2.45) is 50.5 Å². The molecular formula is C89H106F4N12O21S4. The van der Waals surface area contributed by atoms with Crippen molar-refractivity contribution in [3.63, 3.8) is 0 Å². The summed E-state index contributed by atoms with van der Waals surface area (Å²) in [5, 5.41) is 82.8. The molecule has 33 nitrogen and oxygen atoms in total. The molecule has 0 saturated carbocycles. The van der Waals surface area contributed by atoms with Gasteiger partial charge in [-0.2, -0.15) is 0 Å². The third kappa shape index (κ3) is 30.0. The molecule has 130 heavy (non-hydrogen) atoms. The van der Waals surface area contributed by atoms with Gasteiger partial charge in [-0.3, -0.25) is 45.6 Å². The van der Waals surface area contributed by atoms with Gasteiger partial charge >= 0.3 is 47.8 Å². The number of amidine groups is 4. The van der Waals surface area contributed by atoms with E-state index in [2.05, 4.69) is 16.0 Å². The molecule has 20 N–H and O–H groups in total. The fourth-order valence-electron chi connectivity index (χ4n) is 12.4. The number of aliphatic hydroxyl groups excluding tert-OH is 1. The highest BCUT2D eigenvalue weighted by Crippen LogP contribution is 2.39. The van der Waals surface area contributed by atoms with Crippen LogP contribution in [-0.2, 0) is 64.0 Å². The summed E-state index contributed by atoms with van der Waals surface area (Å²) >= 11 is 4.43. The summed E-state index contributed by atoms with van der Waals surface area (Å²) in [6, 6.07) is 24.8. The predicted molar refractivity (Wildman–Crippen MR) is 481 cm³/mol. The molecule has 4 aromatic carbocycles. The minimum Gasteiger partial charge on any atom is -0.480 e. The number of hydrogen-bond donors (Lipinski definition) is 16. The number of aliphatic hydroxyl groups is 1. The van der Waals surface area contributed by atoms with Crippen molar-refractivity contribution in [2.75, 3.05) is 19.7 Å². The zero-order chi connectivity index (χ0) is 98.0. The van der Waals surface area contributed by atoms with Crippen molar-refractivity contribution >= 4 is 140 Å². The lowest BCUT2D eigenvalue weighted by molar-refractivity contribution is -0.148. The van der Waals surface area contributed by atoms with Gasteiger partial charge in [0.15, 0.2) is 46.3 Å². The first kappa shape index (κ1) is 107. The van der Waals surface area contributed by atoms with Crippen molar-refractivity contribution in [1.29, 1.82) is 21.6 Å². The Labute approximate surface area is 762 Å². The summed E-state index contributed by atoms with van der Waals surface area (Å²) in [5.74, 6) is -15.2. The number of halogens is 4. The molecule has 0 unspecified atom stereocenters. The molecule has 0 aliphatic carbocycles. The Morgan fingerprint density at radius 2 is 0.731 bits per heavy atom. The maximum Gasteiger partial charge on any atom is 0.353 e. The number of nitrogens with two attached hydrogens (primary N) is 4. The molecule has 0 bridgehead atoms. The third-order valence-electron chi connectivity index (χ3n) is 20.4. The summed E-state index contributed by atoms with van der Waals surface area (Å²) < 4.78 is 77.0. The quantitative estimate of drug-likeness (QED) is 0.00557. The molecule has 0 saturated heterocycles. The number of rotatable bonds is 40. The molecule has 4 aromatic heterocycles. The first-order chi connectivity index (χ1) is 60.7. The van der Waals surface area contributed by atoms with E-state index >= 15 is 0 Å². The first-order valence-corrected chi connectivity index (χ1v) is 43.5. The second-order valence-electron chi connectivity index (χ2n) is 31.9. The average Bonchev–Trinajstić information content (AvgIpc) is 1.60. The molecule has 0 fully saturated rings. The van der Waals surface area contributed by atoms with Crippen LogP contribution in [-0.4, -0.2) is 162 Å². The van der Waals surface area contributed by atoms with Crippen LogP contribution in [0.25, 0.3) is 0 Å². The lowest BCUT2D eigenvalue weighted by Crippen LogP contribution is -2.53. The summed E-state index contributed by atoms with van der Waals surface area (Å²) in [6.07, 6.45) is 3.50. The lowest BCUT2D eigenvalue weighted by atomic mass is 9.77. The lowest BCUT2D eigenvalue weighted by Gasteiger charge is -2.32. The van der Waals surface area contributed by atoms with Crippen molar-refractivity contribution in [3.05, 3.63) is 206 Å². The van der Waals surface area contributed by atoms with Crippen LogP contribution in [0.5, 0.6) is 23.0 Å². The standard InChI is InChI=1S/C24H30FN3O5S.C22H26FN3O6S.C22H26FN3O5S.C21H24FN3O5S/c1-5-24(6-2,23(32)28-19(13(3)4)21(29)30)12-15-8-10-18(34-15)22(31)33-17-9-7-14(20(26)27)11-16(17)25;1-3-22(4-2,21(31)26-15(11-27)19(28)29)10-13-6-8-17(33-13)20(30)32-16-7-5-12(18(24)25)9-14(16)23;1-4-9-26(12-18(27)28)21(30)22(2,3)11-14-6-8-17(32-14)20(29)31-16-7-5-13(19(24)25)10-15(16)23;1-20(2,18(27)25-21(3,4)19(28)29)10-12-6-8-15(31-12)17(26)30-14-7-5-11(16(23)24)9-13(14)22/h7-11,13,19H,5-6,12H2,1-4H3,(H3,26,27)(H,28,32)(H,29,30);5-9,15,27H,3-4,10-11H2,1-2H3,(H3,24,25)(H,26,31)(H,28,29);5-8,10H,4,9,11-12H2,1-3H3,(H3,24,25)(H,27,28);5-9H,10H2,1-4H3,(H3,23,24)(H,25,27)(H,28,29)/t19-;15-;;/m00../s1. The van der Waals surface area contributed by atoms with Crippen molar-refractivity contribution < 1.29 is 120 Å². The molecule has 8 aromatic rings. The number of esters is 4. The monoisotopic (exact) mass is 1880 g/mol. The number of benzene rings is 4. The van der Waals surface area contributed by atoms with E-state index in [0.717, 1.165) is 79.4 Å². The van der Waals surface area contributed by atoms with E-state index in [1.165, 1.54) is 85.5 Å². The molecule has 700 valence electrons. The smallest absolute Gasteiger partial charge is 0.353 e. The molecule has 0 radical (unpaired) electrons. The summed E-state index contributed by atoms with van der Waals surface area (Å²) in [5.41, 5.74) is 16.9. The number of carbonyl (C=O) groups is 12. The Morgan fingerprint density at radius 1 is 0.431 bits per heavy atom. The predicted octanol–water partition coefficient (Wildman–Crippen LogP) is 12.5. The number of carboxylic acid groups (broad SMARTS) is 4. The molecule has 8 rings (SSSR count). The maximum atomic E-state index is 14.2.